The van der Waals surface area contributed by atoms with Gasteiger partial charge in [0, 0.05) is 5.69 Å². The summed E-state index contributed by atoms with van der Waals surface area (Å²) in [5.41, 5.74) is 3.67. The lowest BCUT2D eigenvalue weighted by atomic mass is 10.1. The Morgan fingerprint density at radius 3 is 2.76 bits per heavy atom. The fourth-order valence-electron chi connectivity index (χ4n) is 2.68. The van der Waals surface area contributed by atoms with Crippen molar-refractivity contribution in [3.05, 3.63) is 77.1 Å². The smallest absolute Gasteiger partial charge is 0.316 e. The fraction of sp³-hybridized carbons (Fsp3) is 0.150. The van der Waals surface area contributed by atoms with Crippen LogP contribution < -0.4 is 5.32 Å². The minimum Gasteiger partial charge on any atom is -0.328 e. The first kappa shape index (κ1) is 18.5. The van der Waals surface area contributed by atoms with Crippen molar-refractivity contribution in [2.75, 3.05) is 5.32 Å². The Labute approximate surface area is 165 Å². The van der Waals surface area contributed by atoms with Crippen LogP contribution in [0.1, 0.15) is 27.4 Å². The third-order valence-electron chi connectivity index (χ3n) is 4.30. The van der Waals surface area contributed by atoms with Crippen molar-refractivity contribution in [2.45, 2.75) is 20.4 Å². The predicted octanol–water partition coefficient (Wildman–Crippen LogP) is 3.38. The molecule has 0 atom stereocenters. The van der Waals surface area contributed by atoms with E-state index in [0.717, 1.165) is 5.56 Å². The minimum atomic E-state index is -0.635. The Hall–Kier alpha value is -3.88. The van der Waals surface area contributed by atoms with Crippen molar-refractivity contribution in [3.63, 3.8) is 0 Å². The molecule has 0 bridgehead atoms. The Balaban J connectivity index is 1.47. The van der Waals surface area contributed by atoms with Gasteiger partial charge in [-0.3, -0.25) is 4.79 Å². The summed E-state index contributed by atoms with van der Waals surface area (Å²) < 4.78 is 20.0. The largest absolute Gasteiger partial charge is 0.328 e. The number of aryl methyl sites for hydroxylation is 2. The Morgan fingerprint density at radius 2 is 1.97 bits per heavy atom. The summed E-state index contributed by atoms with van der Waals surface area (Å²) in [7, 11) is 0. The number of benzene rings is 2. The monoisotopic (exact) mass is 392 g/mol. The van der Waals surface area contributed by atoms with Crippen molar-refractivity contribution in [2.24, 2.45) is 0 Å². The van der Waals surface area contributed by atoms with E-state index in [4.69, 9.17) is 4.52 Å². The Morgan fingerprint density at radius 1 is 1.17 bits per heavy atom. The fourth-order valence-corrected chi connectivity index (χ4v) is 2.68. The molecular weight excluding hydrogens is 375 g/mol. The SMILES string of the molecule is Cc1ccc(Cn2cc(-c3noc(C(=O)Nc4cc(F)ccc4C)n3)nn2)cc1. The number of carbonyl (C=O) groups is 1. The van der Waals surface area contributed by atoms with Crippen molar-refractivity contribution < 1.29 is 13.7 Å². The van der Waals surface area contributed by atoms with Crippen LogP contribution in [-0.4, -0.2) is 31.0 Å². The quantitative estimate of drug-likeness (QED) is 0.559. The van der Waals surface area contributed by atoms with Gasteiger partial charge in [0.15, 0.2) is 5.69 Å². The first-order valence-electron chi connectivity index (χ1n) is 8.85. The number of anilines is 1. The van der Waals surface area contributed by atoms with Gasteiger partial charge in [-0.2, -0.15) is 4.98 Å². The number of carbonyl (C=O) groups excluding carboxylic acids is 1. The van der Waals surface area contributed by atoms with Gasteiger partial charge in [-0.1, -0.05) is 46.3 Å². The summed E-state index contributed by atoms with van der Waals surface area (Å²) in [4.78, 5) is 16.4. The number of rotatable bonds is 5. The highest BCUT2D eigenvalue weighted by Gasteiger charge is 2.19. The second-order valence-corrected chi connectivity index (χ2v) is 6.62. The van der Waals surface area contributed by atoms with Crippen molar-refractivity contribution in [1.82, 2.24) is 25.1 Å². The van der Waals surface area contributed by atoms with E-state index in [1.165, 1.54) is 17.7 Å². The molecule has 0 saturated heterocycles. The molecule has 0 saturated carbocycles. The zero-order valence-corrected chi connectivity index (χ0v) is 15.8. The van der Waals surface area contributed by atoms with Crippen LogP contribution in [0.25, 0.3) is 11.5 Å². The average Bonchev–Trinajstić information content (AvgIpc) is 3.36. The summed E-state index contributed by atoms with van der Waals surface area (Å²) in [6.07, 6.45) is 1.67. The van der Waals surface area contributed by atoms with Crippen molar-refractivity contribution >= 4 is 11.6 Å². The van der Waals surface area contributed by atoms with Crippen molar-refractivity contribution in [3.8, 4) is 11.5 Å². The van der Waals surface area contributed by atoms with E-state index >= 15 is 0 Å². The van der Waals surface area contributed by atoms with Crippen LogP contribution in [0.4, 0.5) is 10.1 Å². The maximum Gasteiger partial charge on any atom is 0.316 e. The van der Waals surface area contributed by atoms with Gasteiger partial charge < -0.3 is 9.84 Å². The molecule has 0 fully saturated rings. The zero-order valence-electron chi connectivity index (χ0n) is 15.8. The lowest BCUT2D eigenvalue weighted by Gasteiger charge is -2.05. The normalized spacial score (nSPS) is 10.9. The standard InChI is InChI=1S/C20H17FN6O2/c1-12-3-6-14(7-4-12)10-27-11-17(24-26-27)18-23-20(29-25-18)19(28)22-16-9-15(21)8-5-13(16)2/h3-9,11H,10H2,1-2H3,(H,22,28). The molecule has 0 aliphatic carbocycles. The van der Waals surface area contributed by atoms with E-state index in [9.17, 15) is 9.18 Å². The molecule has 4 rings (SSSR count). The van der Waals surface area contributed by atoms with Crippen LogP contribution in [0.3, 0.4) is 0 Å². The third kappa shape index (κ3) is 4.18. The lowest BCUT2D eigenvalue weighted by Crippen LogP contribution is -2.13. The highest BCUT2D eigenvalue weighted by atomic mass is 19.1. The first-order chi connectivity index (χ1) is 14.0. The van der Waals surface area contributed by atoms with E-state index in [-0.39, 0.29) is 11.7 Å². The average molecular weight is 392 g/mol. The molecule has 29 heavy (non-hydrogen) atoms. The van der Waals surface area contributed by atoms with Crippen molar-refractivity contribution in [1.29, 1.82) is 0 Å². The van der Waals surface area contributed by atoms with E-state index < -0.39 is 11.7 Å². The molecule has 2 aromatic carbocycles. The number of halogens is 1. The molecular formula is C20H17FN6O2. The number of nitrogens with zero attached hydrogens (tertiary/aromatic N) is 5. The van der Waals surface area contributed by atoms with Crippen LogP contribution in [-0.2, 0) is 6.54 Å². The first-order valence-corrected chi connectivity index (χ1v) is 8.85. The van der Waals surface area contributed by atoms with Gasteiger partial charge in [-0.05, 0) is 37.1 Å². The molecule has 2 aromatic heterocycles. The Bertz CT molecular complexity index is 1170. The third-order valence-corrected chi connectivity index (χ3v) is 4.30. The molecule has 0 aliphatic rings. The lowest BCUT2D eigenvalue weighted by molar-refractivity contribution is 0.0981. The summed E-state index contributed by atoms with van der Waals surface area (Å²) in [5, 5.41) is 14.4. The molecule has 8 nitrogen and oxygen atoms in total. The second kappa shape index (κ2) is 7.63. The molecule has 1 N–H and O–H groups in total. The number of hydrogen-bond donors (Lipinski definition) is 1. The number of amides is 1. The van der Waals surface area contributed by atoms with Gasteiger partial charge in [0.05, 0.1) is 12.7 Å². The van der Waals surface area contributed by atoms with Crippen LogP contribution in [0.15, 0.2) is 53.2 Å². The van der Waals surface area contributed by atoms with Crippen LogP contribution in [0.5, 0.6) is 0 Å². The molecule has 2 heterocycles. The van der Waals surface area contributed by atoms with Gasteiger partial charge in [0.2, 0.25) is 5.82 Å². The zero-order chi connectivity index (χ0) is 20.4. The molecule has 9 heteroatoms. The summed E-state index contributed by atoms with van der Waals surface area (Å²) in [6.45, 7) is 4.31. The molecule has 0 aliphatic heterocycles. The van der Waals surface area contributed by atoms with Gasteiger partial charge in [-0.25, -0.2) is 9.07 Å². The number of aromatic nitrogens is 5. The highest BCUT2D eigenvalue weighted by molar-refractivity contribution is 6.01. The predicted molar refractivity (Wildman–Crippen MR) is 103 cm³/mol. The molecule has 1 amide bonds. The van der Waals surface area contributed by atoms with Crippen LogP contribution in [0, 0.1) is 19.7 Å². The van der Waals surface area contributed by atoms with E-state index in [0.29, 0.717) is 23.5 Å². The van der Waals surface area contributed by atoms with Gasteiger partial charge in [0.25, 0.3) is 0 Å². The molecule has 0 unspecified atom stereocenters. The maximum absolute atomic E-state index is 13.4. The van der Waals surface area contributed by atoms with E-state index in [1.807, 2.05) is 31.2 Å². The topological polar surface area (TPSA) is 98.7 Å². The molecule has 4 aromatic rings. The highest BCUT2D eigenvalue weighted by Crippen LogP contribution is 2.18. The van der Waals surface area contributed by atoms with Gasteiger partial charge in [-0.15, -0.1) is 5.10 Å². The van der Waals surface area contributed by atoms with E-state index in [1.54, 1.807) is 23.9 Å². The number of nitrogens with one attached hydrogen (secondary N) is 1. The maximum atomic E-state index is 13.4. The summed E-state index contributed by atoms with van der Waals surface area (Å²) >= 11 is 0. The Kier molecular flexibility index (Phi) is 4.86. The number of hydrogen-bond acceptors (Lipinski definition) is 6. The minimum absolute atomic E-state index is 0.140. The summed E-state index contributed by atoms with van der Waals surface area (Å²) in [6, 6.07) is 12.2. The molecule has 146 valence electrons. The molecule has 0 spiro atoms. The van der Waals surface area contributed by atoms with Gasteiger partial charge in [0.1, 0.15) is 5.82 Å². The molecule has 0 radical (unpaired) electrons. The second-order valence-electron chi connectivity index (χ2n) is 6.62. The van der Waals surface area contributed by atoms with Crippen LogP contribution in [0.2, 0.25) is 0 Å². The van der Waals surface area contributed by atoms with E-state index in [2.05, 4.69) is 25.8 Å². The summed E-state index contributed by atoms with van der Waals surface area (Å²) in [5.74, 6) is -1.20. The van der Waals surface area contributed by atoms with Crippen LogP contribution >= 0.6 is 0 Å². The van der Waals surface area contributed by atoms with Gasteiger partial charge >= 0.3 is 11.8 Å².